The summed E-state index contributed by atoms with van der Waals surface area (Å²) >= 11 is 0. The number of carbonyl (C=O) groups is 1. The normalized spacial score (nSPS) is 4.74. The van der Waals surface area contributed by atoms with Gasteiger partial charge in [0, 0.05) is 48.5 Å². The fourth-order valence-corrected chi connectivity index (χ4v) is 0.526. The van der Waals surface area contributed by atoms with E-state index in [1.54, 1.807) is 6.92 Å². The molecule has 0 saturated carbocycles. The molecule has 86 valence electrons. The molecule has 0 aromatic rings. The van der Waals surface area contributed by atoms with Crippen LogP contribution in [0.15, 0.2) is 0 Å². The highest BCUT2D eigenvalue weighted by molar-refractivity contribution is 5.74. The zero-order valence-corrected chi connectivity index (χ0v) is 10.4. The van der Waals surface area contributed by atoms with Crippen LogP contribution in [0.5, 0.6) is 0 Å². The molecule has 0 spiro atoms. The fraction of sp³-hybridized carbons (Fsp3) is 0.118. The van der Waals surface area contributed by atoms with Crippen molar-refractivity contribution in [3.8, 4) is 83.0 Å². The van der Waals surface area contributed by atoms with Gasteiger partial charge in [-0.15, -0.1) is 0 Å². The number of hydrogen-bond donors (Lipinski definition) is 1. The maximum absolute atomic E-state index is 10.4. The zero-order valence-electron chi connectivity index (χ0n) is 10.4. The molecule has 0 atom stereocenters. The summed E-state index contributed by atoms with van der Waals surface area (Å²) in [6.45, 7) is 3.05. The summed E-state index contributed by atoms with van der Waals surface area (Å²) in [6, 6.07) is 2.34. The average Bonchev–Trinajstić information content (AvgIpc) is 2.39. The number of carbonyl (C=O) groups excluding carboxylic acids is 1. The van der Waals surface area contributed by atoms with Gasteiger partial charge in [-0.1, -0.05) is 5.92 Å². The number of rotatable bonds is 0. The molecule has 0 fully saturated rings. The standard InChI is InChI=1S/C17H7NO/c1-3-4-5-6-7-8-9-10-11-12-13-14-15-16-18-17(2)19/h1-2H3,(H,18,19). The van der Waals surface area contributed by atoms with E-state index in [2.05, 4.69) is 88.3 Å². The summed E-state index contributed by atoms with van der Waals surface area (Å²) in [5.74, 6) is 32.1. The lowest BCUT2D eigenvalue weighted by molar-refractivity contribution is -0.117. The predicted octanol–water partition coefficient (Wildman–Crippen LogP) is 0.124. The van der Waals surface area contributed by atoms with Crippen LogP contribution < -0.4 is 5.32 Å². The van der Waals surface area contributed by atoms with Gasteiger partial charge in [0.1, 0.15) is 0 Å². The Kier molecular flexibility index (Phi) is 10.1. The fourth-order valence-electron chi connectivity index (χ4n) is 0.526. The first-order valence-corrected chi connectivity index (χ1v) is 4.95. The molecule has 0 aromatic carbocycles. The van der Waals surface area contributed by atoms with Gasteiger partial charge in [0.05, 0.1) is 0 Å². The van der Waals surface area contributed by atoms with Gasteiger partial charge in [-0.3, -0.25) is 10.1 Å². The van der Waals surface area contributed by atoms with Crippen LogP contribution in [-0.4, -0.2) is 5.91 Å². The second-order valence-electron chi connectivity index (χ2n) is 2.56. The van der Waals surface area contributed by atoms with E-state index in [1.807, 2.05) is 0 Å². The Balaban J connectivity index is 4.23. The van der Waals surface area contributed by atoms with E-state index < -0.39 is 0 Å². The summed E-state index contributed by atoms with van der Waals surface area (Å²) in [5.41, 5.74) is 0. The van der Waals surface area contributed by atoms with Gasteiger partial charge in [0.15, 0.2) is 0 Å². The zero-order chi connectivity index (χ0) is 14.2. The van der Waals surface area contributed by atoms with Gasteiger partial charge >= 0.3 is 0 Å². The third-order valence-corrected chi connectivity index (χ3v) is 1.11. The van der Waals surface area contributed by atoms with Crippen molar-refractivity contribution in [2.45, 2.75) is 13.8 Å². The van der Waals surface area contributed by atoms with Crippen LogP contribution in [-0.2, 0) is 4.79 Å². The molecule has 0 aliphatic heterocycles. The molecule has 2 nitrogen and oxygen atoms in total. The number of amides is 1. The molecule has 19 heavy (non-hydrogen) atoms. The first kappa shape index (κ1) is 15.4. The minimum Gasteiger partial charge on any atom is -0.285 e. The second kappa shape index (κ2) is 12.5. The molecule has 0 bridgehead atoms. The van der Waals surface area contributed by atoms with E-state index in [4.69, 9.17) is 0 Å². The van der Waals surface area contributed by atoms with E-state index in [-0.39, 0.29) is 5.91 Å². The molecule has 2 heteroatoms. The first-order chi connectivity index (χ1) is 9.27. The van der Waals surface area contributed by atoms with Crippen LogP contribution in [0.4, 0.5) is 0 Å². The van der Waals surface area contributed by atoms with Crippen LogP contribution in [0.25, 0.3) is 0 Å². The van der Waals surface area contributed by atoms with Crippen molar-refractivity contribution in [1.29, 1.82) is 0 Å². The van der Waals surface area contributed by atoms with Crippen molar-refractivity contribution < 1.29 is 4.79 Å². The highest BCUT2D eigenvalue weighted by Crippen LogP contribution is 1.58. The van der Waals surface area contributed by atoms with Crippen molar-refractivity contribution in [2.75, 3.05) is 0 Å². The van der Waals surface area contributed by atoms with Crippen molar-refractivity contribution in [1.82, 2.24) is 5.32 Å². The smallest absolute Gasteiger partial charge is 0.228 e. The Labute approximate surface area is 113 Å². The highest BCUT2D eigenvalue weighted by atomic mass is 16.1. The molecule has 0 aliphatic carbocycles. The predicted molar refractivity (Wildman–Crippen MR) is 73.9 cm³/mol. The topological polar surface area (TPSA) is 29.1 Å². The van der Waals surface area contributed by atoms with E-state index in [1.165, 1.54) is 6.92 Å². The van der Waals surface area contributed by atoms with Crippen molar-refractivity contribution in [3.63, 3.8) is 0 Å². The molecule has 0 aliphatic rings. The third kappa shape index (κ3) is 14.4. The van der Waals surface area contributed by atoms with Crippen molar-refractivity contribution >= 4 is 5.91 Å². The molecule has 0 aromatic heterocycles. The molecule has 0 radical (unpaired) electrons. The second-order valence-corrected chi connectivity index (χ2v) is 2.56. The SMILES string of the molecule is CC#CC#CC#CC#CC#CC#CC#CNC(C)=O. The molecule has 0 rings (SSSR count). The van der Waals surface area contributed by atoms with Gasteiger partial charge < -0.3 is 0 Å². The maximum Gasteiger partial charge on any atom is 0.228 e. The number of nitrogens with one attached hydrogen (secondary N) is 1. The molecule has 0 heterocycles. The van der Waals surface area contributed by atoms with Gasteiger partial charge in [0.25, 0.3) is 0 Å². The van der Waals surface area contributed by atoms with Crippen LogP contribution in [0.3, 0.4) is 0 Å². The Morgan fingerprint density at radius 3 is 1.42 bits per heavy atom. The molecule has 0 saturated heterocycles. The van der Waals surface area contributed by atoms with Crippen molar-refractivity contribution in [2.24, 2.45) is 0 Å². The van der Waals surface area contributed by atoms with E-state index in [9.17, 15) is 4.79 Å². The summed E-state index contributed by atoms with van der Waals surface area (Å²) in [6.07, 6.45) is 0. The van der Waals surface area contributed by atoms with Crippen LogP contribution in [0.1, 0.15) is 13.8 Å². The van der Waals surface area contributed by atoms with Gasteiger partial charge in [-0.2, -0.15) is 0 Å². The first-order valence-electron chi connectivity index (χ1n) is 4.95. The number of hydrogen-bond acceptors (Lipinski definition) is 1. The summed E-state index contributed by atoms with van der Waals surface area (Å²) in [7, 11) is 0. The van der Waals surface area contributed by atoms with Crippen molar-refractivity contribution in [3.05, 3.63) is 0 Å². The van der Waals surface area contributed by atoms with Crippen LogP contribution in [0, 0.1) is 83.0 Å². The van der Waals surface area contributed by atoms with Gasteiger partial charge in [-0.05, 0) is 42.4 Å². The van der Waals surface area contributed by atoms with Crippen LogP contribution >= 0.6 is 0 Å². The minimum absolute atomic E-state index is 0.238. The quantitative estimate of drug-likeness (QED) is 0.474. The molecule has 1 amide bonds. The summed E-state index contributed by atoms with van der Waals surface area (Å²) in [4.78, 5) is 10.4. The Morgan fingerprint density at radius 2 is 1.05 bits per heavy atom. The van der Waals surface area contributed by atoms with E-state index in [0.29, 0.717) is 0 Å². The average molecular weight is 241 g/mol. The molecule has 0 unspecified atom stereocenters. The lowest BCUT2D eigenvalue weighted by Crippen LogP contribution is -2.11. The Bertz CT molecular complexity index is 765. The molecule has 1 N–H and O–H groups in total. The summed E-state index contributed by atoms with van der Waals surface area (Å²) < 4.78 is 0. The van der Waals surface area contributed by atoms with E-state index in [0.717, 1.165) is 0 Å². The third-order valence-electron chi connectivity index (χ3n) is 1.11. The minimum atomic E-state index is -0.238. The lowest BCUT2D eigenvalue weighted by Gasteiger charge is -1.80. The van der Waals surface area contributed by atoms with Gasteiger partial charge in [0.2, 0.25) is 5.91 Å². The Hall–Kier alpha value is -3.61. The van der Waals surface area contributed by atoms with E-state index >= 15 is 0 Å². The monoisotopic (exact) mass is 241 g/mol. The van der Waals surface area contributed by atoms with Gasteiger partial charge in [-0.25, -0.2) is 0 Å². The lowest BCUT2D eigenvalue weighted by atomic mass is 10.5. The molecular formula is C17H7NO. The summed E-state index contributed by atoms with van der Waals surface area (Å²) in [5, 5.41) is 2.27. The Morgan fingerprint density at radius 1 is 0.684 bits per heavy atom. The molecular weight excluding hydrogens is 234 g/mol. The van der Waals surface area contributed by atoms with Crippen LogP contribution in [0.2, 0.25) is 0 Å². The largest absolute Gasteiger partial charge is 0.285 e. The highest BCUT2D eigenvalue weighted by Gasteiger charge is 1.78. The maximum atomic E-state index is 10.4.